The molecule has 2 aliphatic rings. The van der Waals surface area contributed by atoms with E-state index in [-0.39, 0.29) is 11.7 Å². The van der Waals surface area contributed by atoms with Gasteiger partial charge in [-0.3, -0.25) is 15.2 Å². The molecule has 0 spiro atoms. The van der Waals surface area contributed by atoms with Crippen molar-refractivity contribution in [2.45, 2.75) is 31.1 Å². The van der Waals surface area contributed by atoms with Gasteiger partial charge in [0.15, 0.2) is 5.82 Å². The highest BCUT2D eigenvalue weighted by atomic mass is 19.1. The fourth-order valence-corrected chi connectivity index (χ4v) is 3.15. The van der Waals surface area contributed by atoms with Gasteiger partial charge in [-0.25, -0.2) is 4.39 Å². The van der Waals surface area contributed by atoms with E-state index < -0.39 is 5.41 Å². The van der Waals surface area contributed by atoms with E-state index >= 15 is 0 Å². The van der Waals surface area contributed by atoms with Gasteiger partial charge < -0.3 is 0 Å². The largest absolute Gasteiger partial charge is 0.285 e. The molecule has 8 heteroatoms. The number of hydrogen-bond donors (Lipinski definition) is 2. The Balaban J connectivity index is 1.58. The van der Waals surface area contributed by atoms with E-state index in [1.807, 2.05) is 0 Å². The van der Waals surface area contributed by atoms with Crippen LogP contribution in [0, 0.1) is 5.82 Å². The first-order valence-corrected chi connectivity index (χ1v) is 7.30. The molecule has 4 rings (SSSR count). The van der Waals surface area contributed by atoms with Crippen LogP contribution in [0.4, 0.5) is 10.1 Å². The second-order valence-corrected chi connectivity index (χ2v) is 5.79. The standard InChI is InChI=1S/C14H15FN6O/c15-10-3-2-9-4-7-21(11(9)8-10)18-13(22)14(5-1-6-14)12-16-19-20-17-12/h2-3,8H,1,4-7H2,(H,18,22)(H,16,17,19,20). The van der Waals surface area contributed by atoms with Gasteiger partial charge in [-0.1, -0.05) is 17.7 Å². The molecule has 1 aromatic carbocycles. The Morgan fingerprint density at radius 1 is 1.41 bits per heavy atom. The maximum atomic E-state index is 13.4. The number of hydrogen-bond acceptors (Lipinski definition) is 5. The lowest BCUT2D eigenvalue weighted by atomic mass is 9.67. The third kappa shape index (κ3) is 1.87. The number of nitrogens with one attached hydrogen (secondary N) is 2. The number of rotatable bonds is 3. The smallest absolute Gasteiger partial charge is 0.252 e. The number of amides is 1. The first-order chi connectivity index (χ1) is 10.7. The van der Waals surface area contributed by atoms with E-state index in [4.69, 9.17) is 0 Å². The van der Waals surface area contributed by atoms with Gasteiger partial charge >= 0.3 is 0 Å². The summed E-state index contributed by atoms with van der Waals surface area (Å²) in [5, 5.41) is 15.6. The van der Waals surface area contributed by atoms with E-state index in [0.717, 1.165) is 24.1 Å². The average Bonchev–Trinajstić information content (AvgIpc) is 3.09. The number of carbonyl (C=O) groups excluding carboxylic acids is 1. The zero-order chi connectivity index (χ0) is 15.2. The number of benzene rings is 1. The summed E-state index contributed by atoms with van der Waals surface area (Å²) in [6.45, 7) is 0.632. The third-order valence-electron chi connectivity index (χ3n) is 4.59. The summed E-state index contributed by atoms with van der Waals surface area (Å²) < 4.78 is 13.4. The molecule has 22 heavy (non-hydrogen) atoms. The molecule has 114 valence electrons. The molecule has 1 fully saturated rings. The molecule has 1 amide bonds. The third-order valence-corrected chi connectivity index (χ3v) is 4.59. The number of nitrogens with zero attached hydrogens (tertiary/aromatic N) is 4. The van der Waals surface area contributed by atoms with Crippen LogP contribution in [-0.4, -0.2) is 33.1 Å². The lowest BCUT2D eigenvalue weighted by molar-refractivity contribution is -0.130. The number of hydrazine groups is 1. The summed E-state index contributed by atoms with van der Waals surface area (Å²) in [6, 6.07) is 4.65. The van der Waals surface area contributed by atoms with Crippen LogP contribution < -0.4 is 10.4 Å². The van der Waals surface area contributed by atoms with E-state index in [9.17, 15) is 9.18 Å². The Kier molecular flexibility index (Phi) is 2.85. The minimum atomic E-state index is -0.719. The van der Waals surface area contributed by atoms with E-state index in [2.05, 4.69) is 26.0 Å². The molecule has 7 nitrogen and oxygen atoms in total. The summed E-state index contributed by atoms with van der Waals surface area (Å²) in [4.78, 5) is 12.7. The molecule has 2 aromatic rings. The van der Waals surface area contributed by atoms with Crippen LogP contribution in [-0.2, 0) is 16.6 Å². The number of halogens is 1. The predicted octanol–water partition coefficient (Wildman–Crippen LogP) is 0.854. The van der Waals surface area contributed by atoms with Gasteiger partial charge in [0.05, 0.1) is 5.69 Å². The minimum Gasteiger partial charge on any atom is -0.285 e. The molecule has 1 aliphatic carbocycles. The van der Waals surface area contributed by atoms with Crippen molar-refractivity contribution in [2.75, 3.05) is 11.6 Å². The predicted molar refractivity (Wildman–Crippen MR) is 75.3 cm³/mol. The molecule has 1 aromatic heterocycles. The molecule has 2 heterocycles. The maximum Gasteiger partial charge on any atom is 0.252 e. The SMILES string of the molecule is O=C(NN1CCc2ccc(F)cc21)C1(c2nn[nH]n2)CCC1. The normalized spacial score (nSPS) is 18.7. The second kappa shape index (κ2) is 4.75. The van der Waals surface area contributed by atoms with Crippen LogP contribution in [0.5, 0.6) is 0 Å². The van der Waals surface area contributed by atoms with Crippen LogP contribution >= 0.6 is 0 Å². The summed E-state index contributed by atoms with van der Waals surface area (Å²) in [5.74, 6) is -0.0383. The van der Waals surface area contributed by atoms with Crippen molar-refractivity contribution in [3.05, 3.63) is 35.4 Å². The molecule has 0 radical (unpaired) electrons. The van der Waals surface area contributed by atoms with Gasteiger partial charge in [-0.15, -0.1) is 10.2 Å². The first-order valence-electron chi connectivity index (χ1n) is 7.30. The second-order valence-electron chi connectivity index (χ2n) is 5.79. The van der Waals surface area contributed by atoms with E-state index in [1.54, 1.807) is 11.1 Å². The maximum absolute atomic E-state index is 13.4. The molecule has 0 atom stereocenters. The van der Waals surface area contributed by atoms with E-state index in [0.29, 0.717) is 25.2 Å². The van der Waals surface area contributed by atoms with Gasteiger partial charge in [0.1, 0.15) is 11.2 Å². The van der Waals surface area contributed by atoms with Crippen molar-refractivity contribution < 1.29 is 9.18 Å². The fourth-order valence-electron chi connectivity index (χ4n) is 3.15. The van der Waals surface area contributed by atoms with Crippen molar-refractivity contribution in [3.63, 3.8) is 0 Å². The van der Waals surface area contributed by atoms with Gasteiger partial charge in [0.2, 0.25) is 0 Å². The summed E-state index contributed by atoms with van der Waals surface area (Å²) in [6.07, 6.45) is 3.13. The van der Waals surface area contributed by atoms with Gasteiger partial charge in [0, 0.05) is 6.54 Å². The molecule has 1 saturated carbocycles. The topological polar surface area (TPSA) is 86.8 Å². The fraction of sp³-hybridized carbons (Fsp3) is 0.429. The number of anilines is 1. The van der Waals surface area contributed by atoms with Crippen LogP contribution in [0.2, 0.25) is 0 Å². The molecule has 0 bridgehead atoms. The lowest BCUT2D eigenvalue weighted by Crippen LogP contribution is -2.55. The number of fused-ring (bicyclic) bond motifs is 1. The molecular weight excluding hydrogens is 287 g/mol. The molecule has 2 N–H and O–H groups in total. The van der Waals surface area contributed by atoms with Crippen molar-refractivity contribution in [2.24, 2.45) is 0 Å². The molecular formula is C14H15FN6O. The highest BCUT2D eigenvalue weighted by molar-refractivity contribution is 5.89. The van der Waals surface area contributed by atoms with Crippen LogP contribution in [0.15, 0.2) is 18.2 Å². The van der Waals surface area contributed by atoms with Crippen molar-refractivity contribution in [3.8, 4) is 0 Å². The van der Waals surface area contributed by atoms with Crippen LogP contribution in [0.25, 0.3) is 0 Å². The Bertz CT molecular complexity index is 712. The zero-order valence-electron chi connectivity index (χ0n) is 11.8. The van der Waals surface area contributed by atoms with Gasteiger partial charge in [-0.2, -0.15) is 5.21 Å². The quantitative estimate of drug-likeness (QED) is 0.878. The monoisotopic (exact) mass is 302 g/mol. The van der Waals surface area contributed by atoms with Crippen molar-refractivity contribution in [1.29, 1.82) is 0 Å². The Morgan fingerprint density at radius 2 is 2.27 bits per heavy atom. The summed E-state index contributed by atoms with van der Waals surface area (Å²) >= 11 is 0. The molecule has 0 saturated heterocycles. The Morgan fingerprint density at radius 3 is 2.95 bits per heavy atom. The highest BCUT2D eigenvalue weighted by Crippen LogP contribution is 2.42. The first kappa shape index (κ1) is 13.2. The minimum absolute atomic E-state index is 0.155. The summed E-state index contributed by atoms with van der Waals surface area (Å²) in [5.41, 5.74) is 3.93. The molecule has 1 aliphatic heterocycles. The lowest BCUT2D eigenvalue weighted by Gasteiger charge is -2.38. The highest BCUT2D eigenvalue weighted by Gasteiger charge is 2.50. The Hall–Kier alpha value is -2.51. The van der Waals surface area contributed by atoms with E-state index in [1.165, 1.54) is 12.1 Å². The van der Waals surface area contributed by atoms with Crippen molar-refractivity contribution >= 4 is 11.6 Å². The van der Waals surface area contributed by atoms with Gasteiger partial charge in [0.25, 0.3) is 5.91 Å². The van der Waals surface area contributed by atoms with Crippen molar-refractivity contribution in [1.82, 2.24) is 26.0 Å². The molecule has 0 unspecified atom stereocenters. The Labute approximate surface area is 125 Å². The number of tetrazole rings is 1. The van der Waals surface area contributed by atoms with Crippen LogP contribution in [0.1, 0.15) is 30.7 Å². The zero-order valence-corrected chi connectivity index (χ0v) is 11.8. The average molecular weight is 302 g/mol. The number of carbonyl (C=O) groups is 1. The van der Waals surface area contributed by atoms with Crippen LogP contribution in [0.3, 0.4) is 0 Å². The van der Waals surface area contributed by atoms with Gasteiger partial charge in [-0.05, 0) is 37.0 Å². The number of aromatic amines is 1. The summed E-state index contributed by atoms with van der Waals surface area (Å²) in [7, 11) is 0. The number of H-pyrrole nitrogens is 1. The number of aromatic nitrogens is 4.